The van der Waals surface area contributed by atoms with Crippen LogP contribution < -0.4 is 9.80 Å². The summed E-state index contributed by atoms with van der Waals surface area (Å²) in [6.07, 6.45) is 0. The monoisotopic (exact) mass is 940 g/mol. The molecule has 0 saturated carbocycles. The summed E-state index contributed by atoms with van der Waals surface area (Å²) in [4.78, 5) is 4.81. The molecule has 11 aromatic carbocycles. The summed E-state index contributed by atoms with van der Waals surface area (Å²) in [6.45, 7) is 8.69. The minimum atomic E-state index is 0.754. The molecule has 0 bridgehead atoms. The topological polar surface area (TPSA) is 45.9 Å². The molecule has 0 atom stereocenters. The molecule has 3 aromatic heterocycles. The lowest BCUT2D eigenvalue weighted by atomic mass is 9.96. The van der Waals surface area contributed by atoms with Crippen molar-refractivity contribution in [1.82, 2.24) is 0 Å². The number of nitrogens with zero attached hydrogens (tertiary/aromatic N) is 2. The lowest BCUT2D eigenvalue weighted by Gasteiger charge is -2.32. The molecule has 0 aliphatic carbocycles. The Kier molecular flexibility index (Phi) is 9.70. The summed E-state index contributed by atoms with van der Waals surface area (Å²) in [5.74, 6) is 0. The van der Waals surface area contributed by atoms with E-state index in [1.165, 1.54) is 0 Å². The molecule has 0 amide bonds. The molecule has 3 heterocycles. The number of benzene rings is 11. The molecular weight excluding hydrogens is 893 g/mol. The van der Waals surface area contributed by atoms with Gasteiger partial charge >= 0.3 is 0 Å². The van der Waals surface area contributed by atoms with Crippen LogP contribution in [0.3, 0.4) is 0 Å². The molecule has 5 nitrogen and oxygen atoms in total. The highest BCUT2D eigenvalue weighted by atomic mass is 16.3. The summed E-state index contributed by atoms with van der Waals surface area (Å²) < 4.78 is 21.9. The number of para-hydroxylation sites is 5. The third-order valence-corrected chi connectivity index (χ3v) is 14.5. The number of rotatable bonds is 8. The molecule has 348 valence electrons. The summed E-state index contributed by atoms with van der Waals surface area (Å²) in [5.41, 5.74) is 19.6. The van der Waals surface area contributed by atoms with Gasteiger partial charge in [0.05, 0.1) is 28.1 Å². The maximum atomic E-state index is 7.41. The predicted octanol–water partition coefficient (Wildman–Crippen LogP) is 20.0. The van der Waals surface area contributed by atoms with Crippen LogP contribution in [-0.2, 0) is 0 Å². The van der Waals surface area contributed by atoms with Crippen molar-refractivity contribution in [1.29, 1.82) is 0 Å². The van der Waals surface area contributed by atoms with Gasteiger partial charge in [-0.1, -0.05) is 176 Å². The van der Waals surface area contributed by atoms with Gasteiger partial charge in [-0.05, 0) is 104 Å². The van der Waals surface area contributed by atoms with Crippen LogP contribution in [0.15, 0.2) is 232 Å². The summed E-state index contributed by atoms with van der Waals surface area (Å²) >= 11 is 0. The first kappa shape index (κ1) is 42.5. The molecule has 14 aromatic rings. The second kappa shape index (κ2) is 16.6. The van der Waals surface area contributed by atoms with Crippen molar-refractivity contribution in [3.63, 3.8) is 0 Å². The van der Waals surface area contributed by atoms with Crippen LogP contribution in [-0.4, -0.2) is 0 Å². The van der Waals surface area contributed by atoms with E-state index in [2.05, 4.69) is 256 Å². The van der Waals surface area contributed by atoms with Crippen molar-refractivity contribution >= 4 is 111 Å². The van der Waals surface area contributed by atoms with E-state index < -0.39 is 0 Å². The van der Waals surface area contributed by atoms with Crippen molar-refractivity contribution in [2.75, 3.05) is 9.80 Å². The smallest absolute Gasteiger partial charge is 0.162 e. The SMILES string of the molecule is Cc1cc(C)cc(N(c2cccc3c2oc2c(-c4ccccc4)cccc23)c2c3ccccc3c(N(c3cc(C)cc(C)c3)c3cccc4c3oc3c(-c5ccccc5)cccc34)c3c2oc2ccccc23)c1. The Morgan fingerprint density at radius 3 is 1.16 bits per heavy atom. The van der Waals surface area contributed by atoms with Gasteiger partial charge in [0.2, 0.25) is 0 Å². The van der Waals surface area contributed by atoms with Gasteiger partial charge in [0.15, 0.2) is 16.7 Å². The number of furan rings is 3. The summed E-state index contributed by atoms with van der Waals surface area (Å²) in [5, 5.41) is 8.27. The van der Waals surface area contributed by atoms with Gasteiger partial charge in [0.1, 0.15) is 16.7 Å². The quantitative estimate of drug-likeness (QED) is 0.142. The fourth-order valence-corrected chi connectivity index (χ4v) is 11.6. The van der Waals surface area contributed by atoms with E-state index in [9.17, 15) is 0 Å². The first-order valence-electron chi connectivity index (χ1n) is 25.0. The molecular formula is C68H48N2O3. The molecule has 0 unspecified atom stereocenters. The van der Waals surface area contributed by atoms with Gasteiger partial charge in [0.25, 0.3) is 0 Å². The fourth-order valence-electron chi connectivity index (χ4n) is 11.6. The number of hydrogen-bond acceptors (Lipinski definition) is 5. The zero-order chi connectivity index (χ0) is 48.9. The fraction of sp³-hybridized carbons (Fsp3) is 0.0588. The summed E-state index contributed by atoms with van der Waals surface area (Å²) in [6, 6.07) is 77.9. The lowest BCUT2D eigenvalue weighted by molar-refractivity contribution is 0.667. The van der Waals surface area contributed by atoms with Gasteiger partial charge in [-0.3, -0.25) is 0 Å². The van der Waals surface area contributed by atoms with Gasteiger partial charge in [-0.15, -0.1) is 0 Å². The van der Waals surface area contributed by atoms with Crippen LogP contribution in [0.1, 0.15) is 22.3 Å². The van der Waals surface area contributed by atoms with E-state index in [-0.39, 0.29) is 0 Å². The average molecular weight is 941 g/mol. The Labute approximate surface area is 422 Å². The standard InChI is InChI=1S/C68H48N2O3/c1-41-35-42(2)38-47(37-41)69(58-32-17-30-55-53-28-15-26-49(64(53)72-66(55)58)45-19-7-5-8-20-45)62-51-23-11-12-24-52(51)63(68-61(62)57-25-13-14-34-60(57)71-68)70(48-39-43(3)36-44(4)40-48)59-33-18-31-56-54-29-16-27-50(65(54)73-67(56)59)46-21-9-6-10-22-46/h5-40H,1-4H3. The van der Waals surface area contributed by atoms with Gasteiger partial charge in [-0.25, -0.2) is 0 Å². The van der Waals surface area contributed by atoms with Crippen LogP contribution in [0.25, 0.3) is 98.8 Å². The van der Waals surface area contributed by atoms with Gasteiger partial charge in [-0.2, -0.15) is 0 Å². The molecule has 5 heteroatoms. The highest BCUT2D eigenvalue weighted by Gasteiger charge is 2.32. The first-order valence-corrected chi connectivity index (χ1v) is 25.0. The maximum Gasteiger partial charge on any atom is 0.162 e. The molecule has 0 spiro atoms. The van der Waals surface area contributed by atoms with Crippen LogP contribution >= 0.6 is 0 Å². The van der Waals surface area contributed by atoms with Crippen molar-refractivity contribution < 1.29 is 13.3 Å². The molecule has 0 N–H and O–H groups in total. The van der Waals surface area contributed by atoms with E-state index in [4.69, 9.17) is 13.3 Å². The van der Waals surface area contributed by atoms with Crippen molar-refractivity contribution in [3.8, 4) is 22.3 Å². The molecule has 14 rings (SSSR count). The Hall–Kier alpha value is -9.32. The normalized spacial score (nSPS) is 11.8. The number of aryl methyl sites for hydroxylation is 4. The van der Waals surface area contributed by atoms with Crippen LogP contribution in [0.5, 0.6) is 0 Å². The molecule has 0 aliphatic heterocycles. The van der Waals surface area contributed by atoms with Crippen molar-refractivity contribution in [2.24, 2.45) is 0 Å². The van der Waals surface area contributed by atoms with E-state index in [1.807, 2.05) is 0 Å². The van der Waals surface area contributed by atoms with Crippen LogP contribution in [0.4, 0.5) is 34.1 Å². The molecule has 0 fully saturated rings. The summed E-state index contributed by atoms with van der Waals surface area (Å²) in [7, 11) is 0. The Morgan fingerprint density at radius 1 is 0.288 bits per heavy atom. The molecule has 0 aliphatic rings. The van der Waals surface area contributed by atoms with Crippen molar-refractivity contribution in [3.05, 3.63) is 241 Å². The maximum absolute atomic E-state index is 7.41. The van der Waals surface area contributed by atoms with E-state index >= 15 is 0 Å². The van der Waals surface area contributed by atoms with E-state index in [0.717, 1.165) is 155 Å². The third kappa shape index (κ3) is 6.77. The minimum absolute atomic E-state index is 0.754. The average Bonchev–Trinajstić information content (AvgIpc) is 4.12. The van der Waals surface area contributed by atoms with Crippen molar-refractivity contribution in [2.45, 2.75) is 27.7 Å². The van der Waals surface area contributed by atoms with Crippen LogP contribution in [0.2, 0.25) is 0 Å². The first-order chi connectivity index (χ1) is 35.9. The Bertz CT molecular complexity index is 4460. The number of anilines is 6. The lowest BCUT2D eigenvalue weighted by Crippen LogP contribution is -2.15. The Morgan fingerprint density at radius 2 is 0.671 bits per heavy atom. The Balaban J connectivity index is 1.12. The van der Waals surface area contributed by atoms with E-state index in [0.29, 0.717) is 0 Å². The highest BCUT2D eigenvalue weighted by Crippen LogP contribution is 2.56. The second-order valence-corrected chi connectivity index (χ2v) is 19.5. The molecule has 0 radical (unpaired) electrons. The largest absolute Gasteiger partial charge is 0.454 e. The predicted molar refractivity (Wildman–Crippen MR) is 305 cm³/mol. The van der Waals surface area contributed by atoms with E-state index in [1.54, 1.807) is 0 Å². The number of hydrogen-bond donors (Lipinski definition) is 0. The molecule has 73 heavy (non-hydrogen) atoms. The zero-order valence-corrected chi connectivity index (χ0v) is 40.9. The van der Waals surface area contributed by atoms with Gasteiger partial charge < -0.3 is 23.1 Å². The zero-order valence-electron chi connectivity index (χ0n) is 40.9. The number of fused-ring (bicyclic) bond motifs is 10. The highest BCUT2D eigenvalue weighted by molar-refractivity contribution is 6.29. The third-order valence-electron chi connectivity index (χ3n) is 14.5. The van der Waals surface area contributed by atoms with Crippen LogP contribution in [0, 0.1) is 27.7 Å². The molecule has 0 saturated heterocycles. The second-order valence-electron chi connectivity index (χ2n) is 19.5. The van der Waals surface area contributed by atoms with Gasteiger partial charge in [0, 0.05) is 60.2 Å². The minimum Gasteiger partial charge on any atom is -0.454 e.